The number of hydrogen-bond acceptors (Lipinski definition) is 7. The highest BCUT2D eigenvalue weighted by Gasteiger charge is 2.23. The summed E-state index contributed by atoms with van der Waals surface area (Å²) in [6.07, 6.45) is -0.635. The summed E-state index contributed by atoms with van der Waals surface area (Å²) >= 11 is 0. The lowest BCUT2D eigenvalue weighted by Crippen LogP contribution is -2.32. The van der Waals surface area contributed by atoms with E-state index in [9.17, 15) is 9.59 Å². The lowest BCUT2D eigenvalue weighted by Gasteiger charge is -2.18. The standard InChI is InChI=1S/C35H33N3O5/c1-6-31(34(39)38-28-9-7-8-21(2)22(28)3)43-35(40)25-14-19-29-30(20-25)37-33(24-12-17-27(42-5)18-13-24)32(36-29)23-10-15-26(41-4)16-11-23/h7-20,31H,6H2,1-5H3,(H,38,39). The third kappa shape index (κ3) is 6.33. The summed E-state index contributed by atoms with van der Waals surface area (Å²) in [7, 11) is 3.24. The zero-order chi connectivity index (χ0) is 30.5. The van der Waals surface area contributed by atoms with Crippen molar-refractivity contribution < 1.29 is 23.8 Å². The van der Waals surface area contributed by atoms with E-state index in [1.165, 1.54) is 0 Å². The molecule has 1 unspecified atom stereocenters. The van der Waals surface area contributed by atoms with Gasteiger partial charge in [0.1, 0.15) is 11.5 Å². The maximum absolute atomic E-state index is 13.2. The van der Waals surface area contributed by atoms with E-state index in [4.69, 9.17) is 24.2 Å². The van der Waals surface area contributed by atoms with E-state index in [1.807, 2.05) is 80.6 Å². The summed E-state index contributed by atoms with van der Waals surface area (Å²) < 4.78 is 16.3. The Morgan fingerprint density at radius 1 is 0.767 bits per heavy atom. The third-order valence-electron chi connectivity index (χ3n) is 7.40. The van der Waals surface area contributed by atoms with Crippen molar-refractivity contribution in [3.8, 4) is 34.0 Å². The zero-order valence-electron chi connectivity index (χ0n) is 24.8. The number of amides is 1. The number of carbonyl (C=O) groups is 2. The number of aryl methyl sites for hydroxylation is 1. The van der Waals surface area contributed by atoms with Gasteiger partial charge in [0.25, 0.3) is 5.91 Å². The Kier molecular flexibility index (Phi) is 8.66. The molecule has 0 aliphatic heterocycles. The van der Waals surface area contributed by atoms with Crippen molar-refractivity contribution in [1.29, 1.82) is 0 Å². The molecule has 5 rings (SSSR count). The van der Waals surface area contributed by atoms with Crippen LogP contribution in [0.2, 0.25) is 0 Å². The van der Waals surface area contributed by atoms with Gasteiger partial charge in [0.2, 0.25) is 0 Å². The number of nitrogens with one attached hydrogen (secondary N) is 1. The molecule has 5 aromatic rings. The number of anilines is 1. The van der Waals surface area contributed by atoms with Gasteiger partial charge < -0.3 is 19.5 Å². The quantitative estimate of drug-likeness (QED) is 0.186. The van der Waals surface area contributed by atoms with E-state index < -0.39 is 12.1 Å². The van der Waals surface area contributed by atoms with Crippen LogP contribution in [-0.2, 0) is 9.53 Å². The van der Waals surface area contributed by atoms with Crippen molar-refractivity contribution >= 4 is 28.6 Å². The van der Waals surface area contributed by atoms with Crippen LogP contribution < -0.4 is 14.8 Å². The van der Waals surface area contributed by atoms with E-state index >= 15 is 0 Å². The second kappa shape index (κ2) is 12.7. The van der Waals surface area contributed by atoms with E-state index in [2.05, 4.69) is 5.32 Å². The number of ether oxygens (including phenoxy) is 3. The molecule has 0 aliphatic rings. The van der Waals surface area contributed by atoms with Crippen molar-refractivity contribution in [3.63, 3.8) is 0 Å². The molecule has 0 aliphatic carbocycles. The van der Waals surface area contributed by atoms with Crippen molar-refractivity contribution in [2.45, 2.75) is 33.3 Å². The summed E-state index contributed by atoms with van der Waals surface area (Å²) in [5.74, 6) is 0.466. The second-order valence-electron chi connectivity index (χ2n) is 10.1. The number of aromatic nitrogens is 2. The van der Waals surface area contributed by atoms with Crippen LogP contribution in [-0.4, -0.2) is 42.2 Å². The lowest BCUT2D eigenvalue weighted by atomic mass is 10.0. The van der Waals surface area contributed by atoms with Crippen LogP contribution in [0.25, 0.3) is 33.5 Å². The number of methoxy groups -OCH3 is 2. The van der Waals surface area contributed by atoms with Gasteiger partial charge in [0.15, 0.2) is 6.10 Å². The normalized spacial score (nSPS) is 11.6. The maximum atomic E-state index is 13.2. The first kappa shape index (κ1) is 29.3. The molecule has 1 aromatic heterocycles. The number of nitrogens with zero attached hydrogens (tertiary/aromatic N) is 2. The first-order valence-corrected chi connectivity index (χ1v) is 14.0. The van der Waals surface area contributed by atoms with Crippen LogP contribution in [0, 0.1) is 13.8 Å². The minimum Gasteiger partial charge on any atom is -0.497 e. The molecular formula is C35H33N3O5. The lowest BCUT2D eigenvalue weighted by molar-refractivity contribution is -0.124. The third-order valence-corrected chi connectivity index (χ3v) is 7.40. The van der Waals surface area contributed by atoms with Crippen LogP contribution >= 0.6 is 0 Å². The molecular weight excluding hydrogens is 542 g/mol. The average Bonchev–Trinajstić information content (AvgIpc) is 3.04. The Morgan fingerprint density at radius 2 is 1.35 bits per heavy atom. The van der Waals surface area contributed by atoms with Crippen LogP contribution in [0.5, 0.6) is 11.5 Å². The van der Waals surface area contributed by atoms with E-state index in [1.54, 1.807) is 39.3 Å². The molecule has 1 amide bonds. The Morgan fingerprint density at radius 3 is 1.91 bits per heavy atom. The molecule has 218 valence electrons. The maximum Gasteiger partial charge on any atom is 0.338 e. The smallest absolute Gasteiger partial charge is 0.338 e. The van der Waals surface area contributed by atoms with E-state index in [0.717, 1.165) is 33.8 Å². The minimum absolute atomic E-state index is 0.276. The van der Waals surface area contributed by atoms with Crippen molar-refractivity contribution in [2.24, 2.45) is 0 Å². The number of esters is 1. The van der Waals surface area contributed by atoms with E-state index in [0.29, 0.717) is 34.5 Å². The summed E-state index contributed by atoms with van der Waals surface area (Å²) in [5.41, 5.74) is 7.15. The monoisotopic (exact) mass is 575 g/mol. The summed E-state index contributed by atoms with van der Waals surface area (Å²) in [6.45, 7) is 5.72. The molecule has 0 saturated carbocycles. The molecule has 8 heteroatoms. The number of benzene rings is 4. The molecule has 1 atom stereocenters. The SMILES string of the molecule is CCC(OC(=O)c1ccc2nc(-c3ccc(OC)cc3)c(-c3ccc(OC)cc3)nc2c1)C(=O)Nc1cccc(C)c1C. The first-order chi connectivity index (χ1) is 20.8. The molecule has 1 N–H and O–H groups in total. The number of carbonyl (C=O) groups excluding carboxylic acids is 2. The van der Waals surface area contributed by atoms with Gasteiger partial charge in [-0.25, -0.2) is 14.8 Å². The fraction of sp³-hybridized carbons (Fsp3) is 0.200. The Bertz CT molecular complexity index is 1780. The summed E-state index contributed by atoms with van der Waals surface area (Å²) in [5, 5.41) is 2.90. The molecule has 4 aromatic carbocycles. The van der Waals surface area contributed by atoms with E-state index in [-0.39, 0.29) is 11.5 Å². The molecule has 0 fully saturated rings. The van der Waals surface area contributed by atoms with Crippen molar-refractivity contribution in [3.05, 3.63) is 102 Å². The van der Waals surface area contributed by atoms with Gasteiger partial charge in [-0.3, -0.25) is 4.79 Å². The topological polar surface area (TPSA) is 99.6 Å². The van der Waals surface area contributed by atoms with Crippen LogP contribution in [0.15, 0.2) is 84.9 Å². The average molecular weight is 576 g/mol. The highest BCUT2D eigenvalue weighted by molar-refractivity contribution is 5.99. The molecule has 8 nitrogen and oxygen atoms in total. The molecule has 0 saturated heterocycles. The van der Waals surface area contributed by atoms with Crippen LogP contribution in [0.1, 0.15) is 34.8 Å². The van der Waals surface area contributed by atoms with Gasteiger partial charge >= 0.3 is 5.97 Å². The van der Waals surface area contributed by atoms with Gasteiger partial charge in [-0.15, -0.1) is 0 Å². The number of fused-ring (bicyclic) bond motifs is 1. The molecule has 43 heavy (non-hydrogen) atoms. The number of hydrogen-bond donors (Lipinski definition) is 1. The fourth-order valence-electron chi connectivity index (χ4n) is 4.70. The predicted molar refractivity (Wildman–Crippen MR) is 168 cm³/mol. The van der Waals surface area contributed by atoms with Crippen molar-refractivity contribution in [1.82, 2.24) is 9.97 Å². The minimum atomic E-state index is -0.957. The molecule has 0 spiro atoms. The van der Waals surface area contributed by atoms with Gasteiger partial charge in [-0.1, -0.05) is 19.1 Å². The summed E-state index contributed by atoms with van der Waals surface area (Å²) in [4.78, 5) is 36.1. The Labute approximate surface area is 250 Å². The first-order valence-electron chi connectivity index (χ1n) is 14.0. The summed E-state index contributed by atoms with van der Waals surface area (Å²) in [6, 6.07) is 25.9. The molecule has 1 heterocycles. The largest absolute Gasteiger partial charge is 0.497 e. The molecule has 0 radical (unpaired) electrons. The zero-order valence-corrected chi connectivity index (χ0v) is 24.8. The van der Waals surface area contributed by atoms with Gasteiger partial charge in [-0.05, 0) is 104 Å². The van der Waals surface area contributed by atoms with Gasteiger partial charge in [-0.2, -0.15) is 0 Å². The van der Waals surface area contributed by atoms with Gasteiger partial charge in [0.05, 0.1) is 42.2 Å². The van der Waals surface area contributed by atoms with Gasteiger partial charge in [0, 0.05) is 16.8 Å². The van der Waals surface area contributed by atoms with Crippen LogP contribution in [0.3, 0.4) is 0 Å². The highest BCUT2D eigenvalue weighted by Crippen LogP contribution is 2.33. The molecule has 0 bridgehead atoms. The second-order valence-corrected chi connectivity index (χ2v) is 10.1. The highest BCUT2D eigenvalue weighted by atomic mass is 16.5. The number of rotatable bonds is 9. The van der Waals surface area contributed by atoms with Crippen molar-refractivity contribution in [2.75, 3.05) is 19.5 Å². The fourth-order valence-corrected chi connectivity index (χ4v) is 4.70. The van der Waals surface area contributed by atoms with Crippen LogP contribution in [0.4, 0.5) is 5.69 Å². The Hall–Kier alpha value is -5.24. The predicted octanol–water partition coefficient (Wildman–Crippen LogP) is 7.17. The Balaban J connectivity index is 1.47.